The fourth-order valence-corrected chi connectivity index (χ4v) is 2.71. The number of hydrogen-bond acceptors (Lipinski definition) is 1. The van der Waals surface area contributed by atoms with Crippen molar-refractivity contribution in [2.45, 2.75) is 26.2 Å². The molecule has 1 aromatic rings. The van der Waals surface area contributed by atoms with Crippen molar-refractivity contribution in [3.8, 4) is 11.8 Å². The summed E-state index contributed by atoms with van der Waals surface area (Å²) in [7, 11) is 0. The Labute approximate surface area is 140 Å². The Balaban J connectivity index is 0.00000242. The van der Waals surface area contributed by atoms with Gasteiger partial charge >= 0.3 is 0 Å². The first kappa shape index (κ1) is 18.5. The maximum Gasteiger partial charge on any atom is 0.224 e. The van der Waals surface area contributed by atoms with Crippen LogP contribution >= 0.6 is 0 Å². The first-order valence-corrected chi connectivity index (χ1v) is 7.86. The summed E-state index contributed by atoms with van der Waals surface area (Å²) in [5.41, 5.74) is 1.26. The maximum absolute atomic E-state index is 12.1. The van der Waals surface area contributed by atoms with Crippen molar-refractivity contribution in [2.75, 3.05) is 32.7 Å². The van der Waals surface area contributed by atoms with Crippen molar-refractivity contribution in [3.63, 3.8) is 0 Å². The highest BCUT2D eigenvalue weighted by Crippen LogP contribution is 2.27. The molecule has 0 saturated carbocycles. The SMILES string of the molecule is CC[NH+](CC)CC#CCN1CC(c2ccccc2)CC1=O.[Cl-]. The number of halogens is 1. The number of nitrogens with zero attached hydrogens (tertiary/aromatic N) is 1. The van der Waals surface area contributed by atoms with Gasteiger partial charge < -0.3 is 22.2 Å². The quantitative estimate of drug-likeness (QED) is 0.620. The van der Waals surface area contributed by atoms with Crippen molar-refractivity contribution in [1.82, 2.24) is 4.90 Å². The number of carbonyl (C=O) groups excluding carboxylic acids is 1. The number of amides is 1. The van der Waals surface area contributed by atoms with E-state index in [1.807, 2.05) is 23.1 Å². The average molecular weight is 321 g/mol. The topological polar surface area (TPSA) is 24.8 Å². The predicted octanol–water partition coefficient (Wildman–Crippen LogP) is -2.07. The van der Waals surface area contributed by atoms with Crippen LogP contribution in [0.1, 0.15) is 31.7 Å². The lowest BCUT2D eigenvalue weighted by atomic mass is 9.99. The fourth-order valence-electron chi connectivity index (χ4n) is 2.71. The predicted molar refractivity (Wildman–Crippen MR) is 85.1 cm³/mol. The highest BCUT2D eigenvalue weighted by molar-refractivity contribution is 5.80. The molecule has 1 atom stereocenters. The van der Waals surface area contributed by atoms with E-state index in [2.05, 4.69) is 37.8 Å². The molecule has 1 N–H and O–H groups in total. The largest absolute Gasteiger partial charge is 1.00 e. The zero-order valence-corrected chi connectivity index (χ0v) is 14.2. The maximum atomic E-state index is 12.1. The molecule has 1 amide bonds. The van der Waals surface area contributed by atoms with Crippen LogP contribution in [0.3, 0.4) is 0 Å². The second-order valence-electron chi connectivity index (χ2n) is 5.57. The number of quaternary nitrogens is 1. The van der Waals surface area contributed by atoms with Crippen LogP contribution in [0.15, 0.2) is 30.3 Å². The van der Waals surface area contributed by atoms with Gasteiger partial charge in [-0.2, -0.15) is 0 Å². The molecule has 1 heterocycles. The number of benzene rings is 1. The van der Waals surface area contributed by atoms with E-state index in [0.717, 1.165) is 26.2 Å². The van der Waals surface area contributed by atoms with E-state index in [0.29, 0.717) is 18.9 Å². The molecule has 0 bridgehead atoms. The molecule has 1 saturated heterocycles. The molecule has 22 heavy (non-hydrogen) atoms. The van der Waals surface area contributed by atoms with Crippen LogP contribution in [0.25, 0.3) is 0 Å². The first-order valence-electron chi connectivity index (χ1n) is 7.86. The van der Waals surface area contributed by atoms with Gasteiger partial charge in [0.2, 0.25) is 5.91 Å². The molecular weight excluding hydrogens is 296 g/mol. The zero-order chi connectivity index (χ0) is 15.1. The highest BCUT2D eigenvalue weighted by Gasteiger charge is 2.29. The van der Waals surface area contributed by atoms with E-state index >= 15 is 0 Å². The summed E-state index contributed by atoms with van der Waals surface area (Å²) in [4.78, 5) is 15.4. The lowest BCUT2D eigenvalue weighted by Crippen LogP contribution is -3.11. The molecule has 0 spiro atoms. The molecule has 1 fully saturated rings. The van der Waals surface area contributed by atoms with Gasteiger partial charge in [-0.3, -0.25) is 4.79 Å². The minimum absolute atomic E-state index is 0. The molecule has 0 aromatic heterocycles. The van der Waals surface area contributed by atoms with Crippen molar-refractivity contribution in [3.05, 3.63) is 35.9 Å². The number of rotatable bonds is 5. The van der Waals surface area contributed by atoms with E-state index in [4.69, 9.17) is 0 Å². The van der Waals surface area contributed by atoms with E-state index in [9.17, 15) is 4.79 Å². The van der Waals surface area contributed by atoms with Crippen LogP contribution < -0.4 is 17.3 Å². The van der Waals surface area contributed by atoms with Crippen LogP contribution in [0.5, 0.6) is 0 Å². The second kappa shape index (κ2) is 9.50. The molecule has 1 aromatic carbocycles. The van der Waals surface area contributed by atoms with Crippen LogP contribution in [-0.2, 0) is 4.79 Å². The van der Waals surface area contributed by atoms with Gasteiger partial charge in [0.15, 0.2) is 0 Å². The van der Waals surface area contributed by atoms with E-state index in [-0.39, 0.29) is 18.3 Å². The molecule has 0 aliphatic carbocycles. The van der Waals surface area contributed by atoms with Crippen molar-refractivity contribution in [1.29, 1.82) is 0 Å². The van der Waals surface area contributed by atoms with Crippen LogP contribution in [0.4, 0.5) is 0 Å². The van der Waals surface area contributed by atoms with Gasteiger partial charge in [0.25, 0.3) is 0 Å². The van der Waals surface area contributed by atoms with E-state index in [1.165, 1.54) is 10.5 Å². The van der Waals surface area contributed by atoms with Gasteiger partial charge in [0.1, 0.15) is 6.54 Å². The summed E-state index contributed by atoms with van der Waals surface area (Å²) in [6.45, 7) is 8.80. The Bertz CT molecular complexity index is 517. The molecule has 120 valence electrons. The first-order chi connectivity index (χ1) is 10.2. The van der Waals surface area contributed by atoms with Gasteiger partial charge in [-0.05, 0) is 25.3 Å². The molecule has 0 radical (unpaired) electrons. The average Bonchev–Trinajstić information content (AvgIpc) is 2.89. The lowest BCUT2D eigenvalue weighted by molar-refractivity contribution is -0.889. The van der Waals surface area contributed by atoms with Crippen LogP contribution in [0.2, 0.25) is 0 Å². The van der Waals surface area contributed by atoms with Gasteiger partial charge in [-0.25, -0.2) is 0 Å². The van der Waals surface area contributed by atoms with Crippen molar-refractivity contribution >= 4 is 5.91 Å². The summed E-state index contributed by atoms with van der Waals surface area (Å²) in [6.07, 6.45) is 0.618. The van der Waals surface area contributed by atoms with E-state index in [1.54, 1.807) is 0 Å². The molecule has 3 nitrogen and oxygen atoms in total. The Morgan fingerprint density at radius 3 is 2.50 bits per heavy atom. The molecule has 4 heteroatoms. The molecule has 2 rings (SSSR count). The monoisotopic (exact) mass is 320 g/mol. The molecule has 1 aliphatic heterocycles. The third-order valence-corrected chi connectivity index (χ3v) is 4.22. The highest BCUT2D eigenvalue weighted by atomic mass is 35.5. The van der Waals surface area contributed by atoms with Crippen molar-refractivity contribution in [2.24, 2.45) is 0 Å². The minimum atomic E-state index is 0. The summed E-state index contributed by atoms with van der Waals surface area (Å²) < 4.78 is 0. The Kier molecular flexibility index (Phi) is 8.01. The van der Waals surface area contributed by atoms with Crippen molar-refractivity contribution < 1.29 is 22.1 Å². The van der Waals surface area contributed by atoms with Gasteiger partial charge in [-0.15, -0.1) is 0 Å². The molecule has 1 unspecified atom stereocenters. The van der Waals surface area contributed by atoms with Crippen LogP contribution in [0, 0.1) is 11.8 Å². The number of likely N-dealkylation sites (tertiary alicyclic amines) is 1. The van der Waals surface area contributed by atoms with Gasteiger partial charge in [0, 0.05) is 18.9 Å². The standard InChI is InChI=1S/C18H24N2O.ClH/c1-3-19(4-2)12-8-9-13-20-15-17(14-18(20)21)16-10-6-5-7-11-16;/h5-7,10-11,17H,3-4,12-15H2,1-2H3;1H. The molecular formula is C18H25ClN2O. The summed E-state index contributed by atoms with van der Waals surface area (Å²) in [6, 6.07) is 10.3. The summed E-state index contributed by atoms with van der Waals surface area (Å²) >= 11 is 0. The lowest BCUT2D eigenvalue weighted by Gasteiger charge is -2.13. The molecule has 1 aliphatic rings. The summed E-state index contributed by atoms with van der Waals surface area (Å²) in [5, 5.41) is 0. The summed E-state index contributed by atoms with van der Waals surface area (Å²) in [5.74, 6) is 6.93. The second-order valence-corrected chi connectivity index (χ2v) is 5.57. The number of nitrogens with one attached hydrogen (secondary N) is 1. The van der Waals surface area contributed by atoms with Gasteiger partial charge in [0.05, 0.1) is 19.6 Å². The third kappa shape index (κ3) is 5.05. The third-order valence-electron chi connectivity index (χ3n) is 4.22. The Morgan fingerprint density at radius 2 is 1.86 bits per heavy atom. The Morgan fingerprint density at radius 1 is 1.18 bits per heavy atom. The zero-order valence-electron chi connectivity index (χ0n) is 13.4. The van der Waals surface area contributed by atoms with E-state index < -0.39 is 0 Å². The number of hydrogen-bond donors (Lipinski definition) is 1. The van der Waals surface area contributed by atoms with Crippen LogP contribution in [-0.4, -0.2) is 43.5 Å². The Hall–Kier alpha value is -1.50. The normalized spacial score (nSPS) is 17.1. The fraction of sp³-hybridized carbons (Fsp3) is 0.500. The van der Waals surface area contributed by atoms with Gasteiger partial charge in [-0.1, -0.05) is 36.3 Å². The minimum Gasteiger partial charge on any atom is -1.00 e. The number of carbonyl (C=O) groups is 1. The smallest absolute Gasteiger partial charge is 0.224 e.